The first-order valence-corrected chi connectivity index (χ1v) is 7.15. The number of anilines is 1. The van der Waals surface area contributed by atoms with E-state index in [1.165, 1.54) is 0 Å². The van der Waals surface area contributed by atoms with E-state index >= 15 is 0 Å². The van der Waals surface area contributed by atoms with Crippen LogP contribution in [0.2, 0.25) is 0 Å². The van der Waals surface area contributed by atoms with E-state index in [1.807, 2.05) is 11.8 Å². The van der Waals surface area contributed by atoms with Gasteiger partial charge in [-0.2, -0.15) is 4.98 Å². The first-order valence-electron chi connectivity index (χ1n) is 7.15. The molecule has 1 aliphatic rings. The molecule has 1 aliphatic heterocycles. The number of ether oxygens (including phenoxy) is 1. The Morgan fingerprint density at radius 2 is 2.00 bits per heavy atom. The van der Waals surface area contributed by atoms with Gasteiger partial charge in [0.05, 0.1) is 7.11 Å². The smallest absolute Gasteiger partial charge is 0.341 e. The quantitative estimate of drug-likeness (QED) is 0.757. The Hall–Kier alpha value is -2.91. The normalized spacial score (nSPS) is 14.9. The summed E-state index contributed by atoms with van der Waals surface area (Å²) in [4.78, 5) is 38.0. The molecule has 1 fully saturated rings. The molecule has 0 bridgehead atoms. The Kier molecular flexibility index (Phi) is 3.96. The number of hydrogen-bond acceptors (Lipinski definition) is 7. The molecule has 122 valence electrons. The molecule has 0 radical (unpaired) electrons. The van der Waals surface area contributed by atoms with Crippen LogP contribution in [0.15, 0.2) is 10.9 Å². The number of nitrogens with zero attached hydrogens (tertiary/aromatic N) is 5. The third kappa shape index (κ3) is 3.15. The van der Waals surface area contributed by atoms with Crippen LogP contribution >= 0.6 is 0 Å². The lowest BCUT2D eigenvalue weighted by molar-refractivity contribution is 0.0734. The standard InChI is InChI=1S/C13H17N7O3/c1-8-7-9(23-2)15-12(14-8)20-5-3-19(4-6-20)11(21)10-16-13(22)18-17-10/h7H,3-6H2,1-2H3,(H2,16,17,18,22). The van der Waals surface area contributed by atoms with E-state index in [0.717, 1.165) is 5.69 Å². The van der Waals surface area contributed by atoms with Gasteiger partial charge in [0.25, 0.3) is 5.91 Å². The number of nitrogens with one attached hydrogen (secondary N) is 2. The van der Waals surface area contributed by atoms with Crippen LogP contribution in [0.3, 0.4) is 0 Å². The van der Waals surface area contributed by atoms with Crippen molar-refractivity contribution in [2.75, 3.05) is 38.2 Å². The third-order valence-corrected chi connectivity index (χ3v) is 3.58. The number of methoxy groups -OCH3 is 1. The summed E-state index contributed by atoms with van der Waals surface area (Å²) < 4.78 is 5.16. The number of aromatic amines is 2. The van der Waals surface area contributed by atoms with E-state index in [4.69, 9.17) is 4.74 Å². The van der Waals surface area contributed by atoms with Crippen LogP contribution in [-0.2, 0) is 0 Å². The van der Waals surface area contributed by atoms with Gasteiger partial charge in [-0.25, -0.2) is 14.9 Å². The second-order valence-corrected chi connectivity index (χ2v) is 5.16. The fourth-order valence-electron chi connectivity index (χ4n) is 2.40. The average Bonchev–Trinajstić information content (AvgIpc) is 3.00. The number of aromatic nitrogens is 5. The topological polar surface area (TPSA) is 120 Å². The zero-order valence-corrected chi connectivity index (χ0v) is 12.9. The second kappa shape index (κ2) is 6.07. The van der Waals surface area contributed by atoms with Crippen molar-refractivity contribution in [2.24, 2.45) is 0 Å². The first-order chi connectivity index (χ1) is 11.1. The van der Waals surface area contributed by atoms with Crippen molar-refractivity contribution in [1.82, 2.24) is 30.0 Å². The minimum Gasteiger partial charge on any atom is -0.481 e. The Labute approximate surface area is 131 Å². The first kappa shape index (κ1) is 15.0. The van der Waals surface area contributed by atoms with Gasteiger partial charge in [-0.3, -0.25) is 9.78 Å². The maximum Gasteiger partial charge on any atom is 0.341 e. The molecular formula is C13H17N7O3. The summed E-state index contributed by atoms with van der Waals surface area (Å²) in [6.45, 7) is 4.04. The number of carbonyl (C=O) groups is 1. The average molecular weight is 319 g/mol. The predicted molar refractivity (Wildman–Crippen MR) is 80.6 cm³/mol. The van der Waals surface area contributed by atoms with Gasteiger partial charge in [-0.05, 0) is 6.92 Å². The maximum absolute atomic E-state index is 12.2. The molecular weight excluding hydrogens is 302 g/mol. The van der Waals surface area contributed by atoms with E-state index in [2.05, 4.69) is 25.1 Å². The summed E-state index contributed by atoms with van der Waals surface area (Å²) in [5.74, 6) is 0.824. The molecule has 10 heteroatoms. The molecule has 1 saturated heterocycles. The van der Waals surface area contributed by atoms with E-state index in [0.29, 0.717) is 38.0 Å². The van der Waals surface area contributed by atoms with Crippen molar-refractivity contribution in [3.05, 3.63) is 28.1 Å². The van der Waals surface area contributed by atoms with Crippen molar-refractivity contribution < 1.29 is 9.53 Å². The van der Waals surface area contributed by atoms with Gasteiger partial charge < -0.3 is 14.5 Å². The molecule has 2 N–H and O–H groups in total. The third-order valence-electron chi connectivity index (χ3n) is 3.58. The number of carbonyl (C=O) groups excluding carboxylic acids is 1. The van der Waals surface area contributed by atoms with Crippen LogP contribution < -0.4 is 15.3 Å². The van der Waals surface area contributed by atoms with E-state index in [9.17, 15) is 9.59 Å². The lowest BCUT2D eigenvalue weighted by Crippen LogP contribution is -2.49. The van der Waals surface area contributed by atoms with Crippen molar-refractivity contribution >= 4 is 11.9 Å². The van der Waals surface area contributed by atoms with Crippen LogP contribution in [0.5, 0.6) is 5.88 Å². The number of hydrogen-bond donors (Lipinski definition) is 2. The predicted octanol–water partition coefficient (Wildman–Crippen LogP) is -0.833. The second-order valence-electron chi connectivity index (χ2n) is 5.16. The van der Waals surface area contributed by atoms with Gasteiger partial charge in [-0.15, -0.1) is 5.10 Å². The van der Waals surface area contributed by atoms with Gasteiger partial charge in [0.2, 0.25) is 17.7 Å². The monoisotopic (exact) mass is 319 g/mol. The van der Waals surface area contributed by atoms with Crippen molar-refractivity contribution in [2.45, 2.75) is 6.92 Å². The molecule has 0 spiro atoms. The van der Waals surface area contributed by atoms with Crippen LogP contribution in [0.4, 0.5) is 5.95 Å². The molecule has 2 aromatic rings. The van der Waals surface area contributed by atoms with Gasteiger partial charge >= 0.3 is 5.69 Å². The van der Waals surface area contributed by atoms with Crippen LogP contribution in [0.25, 0.3) is 0 Å². The molecule has 0 saturated carbocycles. The molecule has 23 heavy (non-hydrogen) atoms. The molecule has 3 rings (SSSR count). The number of H-pyrrole nitrogens is 2. The Balaban J connectivity index is 1.67. The highest BCUT2D eigenvalue weighted by molar-refractivity contribution is 5.90. The summed E-state index contributed by atoms with van der Waals surface area (Å²) in [5.41, 5.74) is 0.326. The van der Waals surface area contributed by atoms with Crippen LogP contribution in [0.1, 0.15) is 16.3 Å². The summed E-state index contributed by atoms with van der Waals surface area (Å²) in [7, 11) is 1.56. The highest BCUT2D eigenvalue weighted by Crippen LogP contribution is 2.17. The summed E-state index contributed by atoms with van der Waals surface area (Å²) >= 11 is 0. The van der Waals surface area contributed by atoms with Crippen molar-refractivity contribution in [3.8, 4) is 5.88 Å². The van der Waals surface area contributed by atoms with Crippen LogP contribution in [0, 0.1) is 6.92 Å². The zero-order valence-electron chi connectivity index (χ0n) is 12.9. The maximum atomic E-state index is 12.2. The fraction of sp³-hybridized carbons (Fsp3) is 0.462. The number of aryl methyl sites for hydroxylation is 1. The van der Waals surface area contributed by atoms with E-state index in [1.54, 1.807) is 18.1 Å². The highest BCUT2D eigenvalue weighted by atomic mass is 16.5. The van der Waals surface area contributed by atoms with Gasteiger partial charge in [-0.1, -0.05) is 0 Å². The molecule has 1 amide bonds. The summed E-state index contributed by atoms with van der Waals surface area (Å²) in [6.07, 6.45) is 0. The SMILES string of the molecule is COc1cc(C)nc(N2CCN(C(=O)c3n[nH]c(=O)[nH]3)CC2)n1. The molecule has 3 heterocycles. The summed E-state index contributed by atoms with van der Waals surface area (Å²) in [5, 5.41) is 5.85. The number of rotatable bonds is 3. The molecule has 0 aromatic carbocycles. The largest absolute Gasteiger partial charge is 0.481 e. The Morgan fingerprint density at radius 3 is 2.61 bits per heavy atom. The van der Waals surface area contributed by atoms with Crippen LogP contribution in [-0.4, -0.2) is 69.2 Å². The summed E-state index contributed by atoms with van der Waals surface area (Å²) in [6, 6.07) is 1.76. The highest BCUT2D eigenvalue weighted by Gasteiger charge is 2.25. The fourth-order valence-corrected chi connectivity index (χ4v) is 2.40. The van der Waals surface area contributed by atoms with Crippen molar-refractivity contribution in [3.63, 3.8) is 0 Å². The lowest BCUT2D eigenvalue weighted by atomic mass is 10.3. The van der Waals surface area contributed by atoms with Crippen molar-refractivity contribution in [1.29, 1.82) is 0 Å². The van der Waals surface area contributed by atoms with Gasteiger partial charge in [0, 0.05) is 37.9 Å². The molecule has 0 unspecified atom stereocenters. The molecule has 10 nitrogen and oxygen atoms in total. The minimum atomic E-state index is -0.493. The van der Waals surface area contributed by atoms with Gasteiger partial charge in [0.1, 0.15) is 0 Å². The molecule has 2 aromatic heterocycles. The van der Waals surface area contributed by atoms with E-state index in [-0.39, 0.29) is 11.7 Å². The zero-order chi connectivity index (χ0) is 16.4. The number of piperazine rings is 1. The minimum absolute atomic E-state index is 0.0249. The Morgan fingerprint density at radius 1 is 1.26 bits per heavy atom. The Bertz CT molecular complexity index is 761. The lowest BCUT2D eigenvalue weighted by Gasteiger charge is -2.34. The number of amides is 1. The van der Waals surface area contributed by atoms with E-state index < -0.39 is 5.69 Å². The molecule has 0 atom stereocenters. The molecule has 0 aliphatic carbocycles. The van der Waals surface area contributed by atoms with Gasteiger partial charge in [0.15, 0.2) is 0 Å².